The molecule has 32 heavy (non-hydrogen) atoms. The molecule has 4 rings (SSSR count). The average Bonchev–Trinajstić information content (AvgIpc) is 3.28. The minimum Gasteiger partial charge on any atom is -0.396 e. The molecule has 2 bridgehead atoms. The first-order chi connectivity index (χ1) is 15.1. The van der Waals surface area contributed by atoms with Gasteiger partial charge in [-0.15, -0.1) is 0 Å². The van der Waals surface area contributed by atoms with Crippen molar-refractivity contribution in [1.82, 2.24) is 0 Å². The first-order valence-electron chi connectivity index (χ1n) is 9.70. The van der Waals surface area contributed by atoms with E-state index in [1.165, 1.54) is 12.1 Å². The lowest BCUT2D eigenvalue weighted by molar-refractivity contribution is -0.126. The summed E-state index contributed by atoms with van der Waals surface area (Å²) in [6.45, 7) is -0.438. The van der Waals surface area contributed by atoms with Crippen molar-refractivity contribution in [1.29, 1.82) is 0 Å². The third-order valence-electron chi connectivity index (χ3n) is 6.17. The normalized spacial score (nSPS) is 24.7. The number of halogens is 4. The maximum absolute atomic E-state index is 13.4. The number of aliphatic hydroxyl groups excluding tert-OH is 1. The minimum absolute atomic E-state index is 0.153. The molecule has 4 atom stereocenters. The van der Waals surface area contributed by atoms with Crippen molar-refractivity contribution in [2.75, 3.05) is 11.9 Å². The molecule has 2 aromatic carbocycles. The number of anilines is 1. The summed E-state index contributed by atoms with van der Waals surface area (Å²) in [6, 6.07) is 4.61. The Balaban J connectivity index is 1.66. The number of amides is 1. The molecular formula is C21H17ClF3NO5S. The predicted octanol–water partition coefficient (Wildman–Crippen LogP) is 3.37. The molecule has 2 N–H and O–H groups in total. The van der Waals surface area contributed by atoms with Gasteiger partial charge in [-0.2, -0.15) is 0 Å². The SMILES string of the molecule is O=C(Nc1cc(F)c(F)c(F)c1)c1ccc(Cl)c(S(=O)(=O)[C@@H]2C3CC[C@H]2C(=O)[C@@H]3CO)c1. The summed E-state index contributed by atoms with van der Waals surface area (Å²) in [5.41, 5.74) is -0.538. The van der Waals surface area contributed by atoms with Crippen LogP contribution in [0.3, 0.4) is 0 Å². The molecule has 0 heterocycles. The summed E-state index contributed by atoms with van der Waals surface area (Å²) in [5, 5.41) is 10.5. The van der Waals surface area contributed by atoms with E-state index in [0.29, 0.717) is 25.0 Å². The number of hydrogen-bond acceptors (Lipinski definition) is 5. The van der Waals surface area contributed by atoms with Crippen LogP contribution < -0.4 is 5.32 Å². The summed E-state index contributed by atoms with van der Waals surface area (Å²) in [6.07, 6.45) is 0.869. The molecule has 2 fully saturated rings. The Hall–Kier alpha value is -2.43. The second kappa shape index (κ2) is 8.17. The highest BCUT2D eigenvalue weighted by atomic mass is 35.5. The number of aliphatic hydroxyl groups is 1. The van der Waals surface area contributed by atoms with Crippen LogP contribution in [0.1, 0.15) is 23.2 Å². The zero-order valence-electron chi connectivity index (χ0n) is 16.3. The quantitative estimate of drug-likeness (QED) is 0.630. The number of ketones is 1. The van der Waals surface area contributed by atoms with Gasteiger partial charge in [0.15, 0.2) is 27.3 Å². The number of fused-ring (bicyclic) bond motifs is 2. The van der Waals surface area contributed by atoms with Gasteiger partial charge in [0.05, 0.1) is 21.8 Å². The Morgan fingerprint density at radius 3 is 2.38 bits per heavy atom. The molecule has 0 aromatic heterocycles. The van der Waals surface area contributed by atoms with Gasteiger partial charge in [0.2, 0.25) is 0 Å². The lowest BCUT2D eigenvalue weighted by Gasteiger charge is -2.19. The predicted molar refractivity (Wildman–Crippen MR) is 108 cm³/mol. The number of benzene rings is 2. The molecule has 2 aromatic rings. The van der Waals surface area contributed by atoms with E-state index in [1.54, 1.807) is 0 Å². The van der Waals surface area contributed by atoms with E-state index in [9.17, 15) is 36.3 Å². The third kappa shape index (κ3) is 3.60. The molecule has 0 radical (unpaired) electrons. The Kier molecular flexibility index (Phi) is 5.81. The molecule has 6 nitrogen and oxygen atoms in total. The topological polar surface area (TPSA) is 101 Å². The number of carbonyl (C=O) groups is 2. The summed E-state index contributed by atoms with van der Waals surface area (Å²) < 4.78 is 66.7. The molecule has 1 unspecified atom stereocenters. The van der Waals surface area contributed by atoms with Crippen LogP contribution in [0.5, 0.6) is 0 Å². The second-order valence-corrected chi connectivity index (χ2v) is 10.4. The Morgan fingerprint density at radius 1 is 1.12 bits per heavy atom. The number of hydrogen-bond donors (Lipinski definition) is 2. The van der Waals surface area contributed by atoms with E-state index in [4.69, 9.17) is 11.6 Å². The van der Waals surface area contributed by atoms with Crippen LogP contribution in [-0.4, -0.2) is 37.1 Å². The van der Waals surface area contributed by atoms with E-state index in [-0.39, 0.29) is 27.0 Å². The zero-order chi connectivity index (χ0) is 23.4. The molecule has 0 spiro atoms. The third-order valence-corrected chi connectivity index (χ3v) is 8.96. The van der Waals surface area contributed by atoms with Crippen LogP contribution in [0.4, 0.5) is 18.9 Å². The monoisotopic (exact) mass is 487 g/mol. The van der Waals surface area contributed by atoms with Crippen molar-refractivity contribution in [3.63, 3.8) is 0 Å². The van der Waals surface area contributed by atoms with Crippen LogP contribution in [0.15, 0.2) is 35.2 Å². The van der Waals surface area contributed by atoms with Crippen molar-refractivity contribution in [3.05, 3.63) is 58.4 Å². The molecule has 11 heteroatoms. The number of rotatable bonds is 5. The largest absolute Gasteiger partial charge is 0.396 e. The van der Waals surface area contributed by atoms with Gasteiger partial charge >= 0.3 is 0 Å². The Morgan fingerprint density at radius 2 is 1.78 bits per heavy atom. The highest BCUT2D eigenvalue weighted by Crippen LogP contribution is 2.51. The van der Waals surface area contributed by atoms with Crippen LogP contribution in [0.25, 0.3) is 0 Å². The Bertz CT molecular complexity index is 1210. The number of sulfone groups is 1. The lowest BCUT2D eigenvalue weighted by Crippen LogP contribution is -2.28. The first-order valence-corrected chi connectivity index (χ1v) is 11.6. The van der Waals surface area contributed by atoms with E-state index < -0.39 is 62.8 Å². The van der Waals surface area contributed by atoms with Crippen molar-refractivity contribution in [2.24, 2.45) is 17.8 Å². The lowest BCUT2D eigenvalue weighted by atomic mass is 9.88. The van der Waals surface area contributed by atoms with Gasteiger partial charge in [0.25, 0.3) is 5.91 Å². The number of nitrogens with one attached hydrogen (secondary N) is 1. The van der Waals surface area contributed by atoms with Crippen LogP contribution >= 0.6 is 11.6 Å². The molecule has 0 saturated heterocycles. The molecule has 1 amide bonds. The number of carbonyl (C=O) groups excluding carboxylic acids is 2. The van der Waals surface area contributed by atoms with E-state index in [0.717, 1.165) is 6.07 Å². The highest BCUT2D eigenvalue weighted by Gasteiger charge is 2.59. The van der Waals surface area contributed by atoms with Crippen LogP contribution in [0.2, 0.25) is 5.02 Å². The first kappa shape index (κ1) is 22.8. The highest BCUT2D eigenvalue weighted by molar-refractivity contribution is 7.92. The molecule has 2 aliphatic carbocycles. The fraction of sp³-hybridized carbons (Fsp3) is 0.333. The zero-order valence-corrected chi connectivity index (χ0v) is 17.9. The smallest absolute Gasteiger partial charge is 0.255 e. The average molecular weight is 488 g/mol. The fourth-order valence-corrected chi connectivity index (χ4v) is 7.58. The van der Waals surface area contributed by atoms with E-state index in [1.807, 2.05) is 0 Å². The standard InChI is InChI=1S/C21H17ClF3NO5S/c22-14-4-1-9(21(29)26-10-6-15(23)18(25)16(24)7-10)5-17(14)32(30,31)20-11-2-3-12(20)19(28)13(11)8-27/h1,4-7,11-13,20,27H,2-3,8H2,(H,26,29)/t11?,12-,13+,20+/m0/s1. The van der Waals surface area contributed by atoms with Gasteiger partial charge in [0, 0.05) is 35.2 Å². The van der Waals surface area contributed by atoms with Crippen LogP contribution in [-0.2, 0) is 14.6 Å². The summed E-state index contributed by atoms with van der Waals surface area (Å²) in [5.74, 6) is -7.92. The molecular weight excluding hydrogens is 471 g/mol. The van der Waals surface area contributed by atoms with Gasteiger partial charge in [-0.25, -0.2) is 21.6 Å². The summed E-state index contributed by atoms with van der Waals surface area (Å²) >= 11 is 6.12. The number of Topliss-reactive ketones (excluding diaryl/α,β-unsaturated/α-hetero) is 1. The maximum Gasteiger partial charge on any atom is 0.255 e. The molecule has 2 aliphatic rings. The summed E-state index contributed by atoms with van der Waals surface area (Å²) in [7, 11) is -4.14. The molecule has 2 saturated carbocycles. The van der Waals surface area contributed by atoms with Crippen LogP contribution in [0, 0.1) is 35.2 Å². The van der Waals surface area contributed by atoms with Crippen molar-refractivity contribution in [2.45, 2.75) is 23.0 Å². The minimum atomic E-state index is -4.14. The van der Waals surface area contributed by atoms with Crippen molar-refractivity contribution >= 4 is 38.8 Å². The van der Waals surface area contributed by atoms with Gasteiger partial charge < -0.3 is 10.4 Å². The van der Waals surface area contributed by atoms with Crippen molar-refractivity contribution < 1.29 is 36.3 Å². The van der Waals surface area contributed by atoms with Crippen molar-refractivity contribution in [3.8, 4) is 0 Å². The van der Waals surface area contributed by atoms with Gasteiger partial charge in [-0.05, 0) is 37.0 Å². The molecule has 0 aliphatic heterocycles. The summed E-state index contributed by atoms with van der Waals surface area (Å²) in [4.78, 5) is 24.6. The van der Waals surface area contributed by atoms with E-state index >= 15 is 0 Å². The van der Waals surface area contributed by atoms with Gasteiger partial charge in [-0.3, -0.25) is 9.59 Å². The molecule has 170 valence electrons. The fourth-order valence-electron chi connectivity index (χ4n) is 4.73. The maximum atomic E-state index is 13.4. The van der Waals surface area contributed by atoms with Gasteiger partial charge in [0.1, 0.15) is 5.78 Å². The van der Waals surface area contributed by atoms with E-state index in [2.05, 4.69) is 5.32 Å². The van der Waals surface area contributed by atoms with Gasteiger partial charge in [-0.1, -0.05) is 11.6 Å². The second-order valence-electron chi connectivity index (χ2n) is 7.90. The Labute approximate surface area is 186 Å².